The number of piperidine rings is 1. The number of halogens is 3. The van der Waals surface area contributed by atoms with Gasteiger partial charge >= 0.3 is 6.18 Å². The molecule has 1 aliphatic heterocycles. The molecule has 0 unspecified atom stereocenters. The summed E-state index contributed by atoms with van der Waals surface area (Å²) in [5.41, 5.74) is 2.03. The molecule has 1 aromatic rings. The van der Waals surface area contributed by atoms with E-state index in [0.29, 0.717) is 13.1 Å². The van der Waals surface area contributed by atoms with Gasteiger partial charge in [0, 0.05) is 24.8 Å². The maximum absolute atomic E-state index is 12.3. The van der Waals surface area contributed by atoms with Crippen LogP contribution in [0, 0.1) is 6.92 Å². The molecule has 0 aliphatic carbocycles. The Kier molecular flexibility index (Phi) is 4.98. The highest BCUT2D eigenvalue weighted by molar-refractivity contribution is 5.51. The Hall–Kier alpha value is -1.43. The number of aryl methyl sites for hydroxylation is 1. The van der Waals surface area contributed by atoms with Gasteiger partial charge in [-0.2, -0.15) is 13.2 Å². The minimum Gasteiger partial charge on any atom is -0.496 e. The Morgan fingerprint density at radius 1 is 1.29 bits per heavy atom. The van der Waals surface area contributed by atoms with Gasteiger partial charge in [-0.3, -0.25) is 4.90 Å². The number of ether oxygens (including phenoxy) is 1. The zero-order valence-electron chi connectivity index (χ0n) is 12.3. The number of rotatable bonds is 4. The van der Waals surface area contributed by atoms with E-state index in [1.165, 1.54) is 4.90 Å². The van der Waals surface area contributed by atoms with Gasteiger partial charge in [0.15, 0.2) is 0 Å². The summed E-state index contributed by atoms with van der Waals surface area (Å²) >= 11 is 0. The van der Waals surface area contributed by atoms with Crippen LogP contribution in [0.15, 0.2) is 18.2 Å². The molecule has 0 radical (unpaired) electrons. The Morgan fingerprint density at radius 2 is 1.95 bits per heavy atom. The lowest BCUT2D eigenvalue weighted by Gasteiger charge is -2.33. The van der Waals surface area contributed by atoms with Crippen LogP contribution in [0.1, 0.15) is 18.4 Å². The van der Waals surface area contributed by atoms with E-state index in [-0.39, 0.29) is 6.04 Å². The molecule has 2 rings (SSSR count). The first-order valence-electron chi connectivity index (χ1n) is 7.07. The second kappa shape index (κ2) is 6.56. The van der Waals surface area contributed by atoms with Crippen molar-refractivity contribution in [1.82, 2.24) is 4.90 Å². The average molecular weight is 302 g/mol. The van der Waals surface area contributed by atoms with Crippen molar-refractivity contribution in [3.63, 3.8) is 0 Å². The Balaban J connectivity index is 1.85. The molecule has 1 heterocycles. The Bertz CT molecular complexity index is 468. The van der Waals surface area contributed by atoms with Gasteiger partial charge in [0.05, 0.1) is 13.7 Å². The van der Waals surface area contributed by atoms with Crippen LogP contribution in [0.3, 0.4) is 0 Å². The van der Waals surface area contributed by atoms with Gasteiger partial charge in [-0.1, -0.05) is 0 Å². The lowest BCUT2D eigenvalue weighted by molar-refractivity contribution is -0.147. The zero-order valence-corrected chi connectivity index (χ0v) is 12.3. The van der Waals surface area contributed by atoms with Crippen molar-refractivity contribution in [1.29, 1.82) is 0 Å². The molecule has 1 N–H and O–H groups in total. The summed E-state index contributed by atoms with van der Waals surface area (Å²) in [4.78, 5) is 1.47. The number of hydrogen-bond donors (Lipinski definition) is 1. The van der Waals surface area contributed by atoms with Crippen molar-refractivity contribution in [2.45, 2.75) is 32.0 Å². The molecule has 118 valence electrons. The molecule has 3 nitrogen and oxygen atoms in total. The van der Waals surface area contributed by atoms with Crippen LogP contribution >= 0.6 is 0 Å². The summed E-state index contributed by atoms with van der Waals surface area (Å²) in [5, 5.41) is 3.39. The van der Waals surface area contributed by atoms with Gasteiger partial charge in [0.2, 0.25) is 0 Å². The summed E-state index contributed by atoms with van der Waals surface area (Å²) in [6.07, 6.45) is -2.66. The molecule has 1 saturated heterocycles. The molecule has 0 amide bonds. The fourth-order valence-corrected chi connectivity index (χ4v) is 2.69. The van der Waals surface area contributed by atoms with Crippen molar-refractivity contribution >= 4 is 5.69 Å². The summed E-state index contributed by atoms with van der Waals surface area (Å²) in [5.74, 6) is 0.834. The largest absolute Gasteiger partial charge is 0.496 e. The van der Waals surface area contributed by atoms with Crippen LogP contribution in [-0.2, 0) is 0 Å². The SMILES string of the molecule is COc1ccc(NC2CCN(CC(F)(F)F)CC2)cc1C. The molecule has 0 atom stereocenters. The predicted molar refractivity (Wildman–Crippen MR) is 76.9 cm³/mol. The third-order valence-electron chi connectivity index (χ3n) is 3.76. The van der Waals surface area contributed by atoms with E-state index in [1.54, 1.807) is 7.11 Å². The van der Waals surface area contributed by atoms with Crippen LogP contribution in [-0.4, -0.2) is 43.9 Å². The highest BCUT2D eigenvalue weighted by Crippen LogP contribution is 2.24. The molecule has 21 heavy (non-hydrogen) atoms. The standard InChI is InChI=1S/C15H21F3N2O/c1-11-9-13(3-4-14(11)21-2)19-12-5-7-20(8-6-12)10-15(16,17)18/h3-4,9,12,19H,5-8,10H2,1-2H3. The first kappa shape index (κ1) is 15.9. The maximum atomic E-state index is 12.3. The number of likely N-dealkylation sites (tertiary alicyclic amines) is 1. The summed E-state index contributed by atoms with van der Waals surface area (Å²) in [6.45, 7) is 2.12. The number of nitrogens with zero attached hydrogens (tertiary/aromatic N) is 1. The van der Waals surface area contributed by atoms with E-state index in [4.69, 9.17) is 4.74 Å². The van der Waals surface area contributed by atoms with Crippen LogP contribution in [0.5, 0.6) is 5.75 Å². The Labute approximate surface area is 123 Å². The van der Waals surface area contributed by atoms with E-state index in [9.17, 15) is 13.2 Å². The van der Waals surface area contributed by atoms with Crippen molar-refractivity contribution in [3.8, 4) is 5.75 Å². The molecule has 0 spiro atoms. The monoisotopic (exact) mass is 302 g/mol. The molecular weight excluding hydrogens is 281 g/mol. The topological polar surface area (TPSA) is 24.5 Å². The first-order valence-corrected chi connectivity index (χ1v) is 7.07. The van der Waals surface area contributed by atoms with Crippen LogP contribution in [0.25, 0.3) is 0 Å². The molecule has 6 heteroatoms. The van der Waals surface area contributed by atoms with Crippen molar-refractivity contribution < 1.29 is 17.9 Å². The molecule has 1 fully saturated rings. The zero-order chi connectivity index (χ0) is 15.5. The third kappa shape index (κ3) is 4.81. The second-order valence-corrected chi connectivity index (χ2v) is 5.49. The minimum atomic E-state index is -4.10. The summed E-state index contributed by atoms with van der Waals surface area (Å²) in [6, 6.07) is 6.06. The van der Waals surface area contributed by atoms with Gasteiger partial charge in [-0.05, 0) is 43.5 Å². The molecule has 0 aromatic heterocycles. The number of alkyl halides is 3. The van der Waals surface area contributed by atoms with E-state index >= 15 is 0 Å². The van der Waals surface area contributed by atoms with Crippen molar-refractivity contribution in [2.24, 2.45) is 0 Å². The number of benzene rings is 1. The van der Waals surface area contributed by atoms with Gasteiger partial charge in [-0.25, -0.2) is 0 Å². The summed E-state index contributed by atoms with van der Waals surface area (Å²) in [7, 11) is 1.63. The summed E-state index contributed by atoms with van der Waals surface area (Å²) < 4.78 is 42.2. The highest BCUT2D eigenvalue weighted by Gasteiger charge is 2.32. The van der Waals surface area contributed by atoms with E-state index < -0.39 is 12.7 Å². The number of nitrogens with one attached hydrogen (secondary N) is 1. The molecule has 0 saturated carbocycles. The molecule has 1 aromatic carbocycles. The van der Waals surface area contributed by atoms with Gasteiger partial charge < -0.3 is 10.1 Å². The van der Waals surface area contributed by atoms with Crippen LogP contribution < -0.4 is 10.1 Å². The Morgan fingerprint density at radius 3 is 2.48 bits per heavy atom. The van der Waals surface area contributed by atoms with Crippen LogP contribution in [0.2, 0.25) is 0 Å². The lowest BCUT2D eigenvalue weighted by Crippen LogP contribution is -2.43. The first-order chi connectivity index (χ1) is 9.87. The predicted octanol–water partition coefficient (Wildman–Crippen LogP) is 3.44. The number of methoxy groups -OCH3 is 1. The second-order valence-electron chi connectivity index (χ2n) is 5.49. The fourth-order valence-electron chi connectivity index (χ4n) is 2.69. The fraction of sp³-hybridized carbons (Fsp3) is 0.600. The molecule has 1 aliphatic rings. The van der Waals surface area contributed by atoms with Crippen molar-refractivity contribution in [3.05, 3.63) is 23.8 Å². The van der Waals surface area contributed by atoms with Gasteiger partial charge in [0.25, 0.3) is 0 Å². The normalized spacial score (nSPS) is 17.8. The van der Waals surface area contributed by atoms with Crippen LogP contribution in [0.4, 0.5) is 18.9 Å². The quantitative estimate of drug-likeness (QED) is 0.922. The average Bonchev–Trinajstić information content (AvgIpc) is 2.40. The molecular formula is C15H21F3N2O. The van der Waals surface area contributed by atoms with E-state index in [2.05, 4.69) is 5.32 Å². The highest BCUT2D eigenvalue weighted by atomic mass is 19.4. The van der Waals surface area contributed by atoms with Gasteiger partial charge in [-0.15, -0.1) is 0 Å². The molecule has 0 bridgehead atoms. The van der Waals surface area contributed by atoms with E-state index in [0.717, 1.165) is 29.8 Å². The number of anilines is 1. The van der Waals surface area contributed by atoms with E-state index in [1.807, 2.05) is 25.1 Å². The van der Waals surface area contributed by atoms with Crippen molar-refractivity contribution in [2.75, 3.05) is 32.1 Å². The number of hydrogen-bond acceptors (Lipinski definition) is 3. The minimum absolute atomic E-state index is 0.224. The smallest absolute Gasteiger partial charge is 0.401 e. The lowest BCUT2D eigenvalue weighted by atomic mass is 10.0. The van der Waals surface area contributed by atoms with Gasteiger partial charge in [0.1, 0.15) is 5.75 Å². The maximum Gasteiger partial charge on any atom is 0.401 e. The third-order valence-corrected chi connectivity index (χ3v) is 3.76.